The van der Waals surface area contributed by atoms with Gasteiger partial charge in [0.25, 0.3) is 0 Å². The van der Waals surface area contributed by atoms with E-state index in [-0.39, 0.29) is 30.7 Å². The van der Waals surface area contributed by atoms with Crippen LogP contribution >= 0.6 is 0 Å². The second kappa shape index (κ2) is 9.61. The predicted octanol–water partition coefficient (Wildman–Crippen LogP) is 1.07. The number of hydrogen-bond acceptors (Lipinski definition) is 10. The van der Waals surface area contributed by atoms with E-state index in [1.165, 1.54) is 9.81 Å². The Morgan fingerprint density at radius 3 is 2.70 bits per heavy atom. The van der Waals surface area contributed by atoms with Gasteiger partial charge >= 0.3 is 12.0 Å². The van der Waals surface area contributed by atoms with Crippen molar-refractivity contribution in [2.24, 2.45) is 17.5 Å². The Morgan fingerprint density at radius 2 is 2.03 bits per heavy atom. The Bertz CT molecular complexity index is 1030. The van der Waals surface area contributed by atoms with Crippen LogP contribution in [-0.4, -0.2) is 60.5 Å². The van der Waals surface area contributed by atoms with Crippen molar-refractivity contribution < 1.29 is 19.4 Å². The topological polar surface area (TPSA) is 168 Å². The fourth-order valence-corrected chi connectivity index (χ4v) is 3.82. The molecular formula is C21H30N8O4. The van der Waals surface area contributed by atoms with E-state index in [1.54, 1.807) is 19.2 Å². The van der Waals surface area contributed by atoms with Gasteiger partial charge in [0.15, 0.2) is 0 Å². The number of carbonyl (C=O) groups is 1. The lowest BCUT2D eigenvalue weighted by Crippen LogP contribution is -2.31. The molecule has 2 aliphatic carbocycles. The van der Waals surface area contributed by atoms with Gasteiger partial charge in [-0.05, 0) is 62.8 Å². The zero-order valence-corrected chi connectivity index (χ0v) is 18.8. The first kappa shape index (κ1) is 22.8. The van der Waals surface area contributed by atoms with Crippen molar-refractivity contribution in [1.82, 2.24) is 30.2 Å². The normalized spacial score (nSPS) is 21.3. The number of aryl methyl sites for hydroxylation is 1. The van der Waals surface area contributed by atoms with Crippen molar-refractivity contribution in [3.63, 3.8) is 0 Å². The van der Waals surface area contributed by atoms with Crippen LogP contribution < -0.4 is 21.1 Å². The summed E-state index contributed by atoms with van der Waals surface area (Å²) in [5.41, 5.74) is 8.54. The van der Waals surface area contributed by atoms with Crippen LogP contribution in [0.3, 0.4) is 0 Å². The third-order valence-corrected chi connectivity index (χ3v) is 5.84. The number of aromatic nitrogens is 5. The number of nitrogens with zero attached hydrogens (tertiary/aromatic N) is 6. The lowest BCUT2D eigenvalue weighted by atomic mass is 9.87. The Labute approximate surface area is 191 Å². The van der Waals surface area contributed by atoms with Gasteiger partial charge in [-0.1, -0.05) is 10.2 Å². The number of pyridine rings is 1. The highest BCUT2D eigenvalue weighted by Crippen LogP contribution is 2.30. The highest BCUT2D eigenvalue weighted by atomic mass is 16.5. The summed E-state index contributed by atoms with van der Waals surface area (Å²) in [6, 6.07) is 3.80. The van der Waals surface area contributed by atoms with Crippen LogP contribution in [0.4, 0.5) is 0 Å². The molecule has 0 spiro atoms. The molecule has 2 aliphatic rings. The number of rotatable bonds is 9. The van der Waals surface area contributed by atoms with Crippen LogP contribution in [0.1, 0.15) is 49.9 Å². The number of hydrogen-bond donors (Lipinski definition) is 3. The molecule has 12 nitrogen and oxygen atoms in total. The zero-order chi connectivity index (χ0) is 23.5. The Balaban J connectivity index is 1.48. The van der Waals surface area contributed by atoms with Gasteiger partial charge in [-0.15, -0.1) is 0 Å². The van der Waals surface area contributed by atoms with Gasteiger partial charge in [-0.2, -0.15) is 4.80 Å². The summed E-state index contributed by atoms with van der Waals surface area (Å²) in [4.78, 5) is 17.3. The minimum absolute atomic E-state index is 0.143. The number of nitrogens with two attached hydrogens (primary N) is 2. The first-order valence-electron chi connectivity index (χ1n) is 11.1. The molecule has 178 valence electrons. The molecule has 2 fully saturated rings. The van der Waals surface area contributed by atoms with E-state index in [0.29, 0.717) is 41.4 Å². The number of hydrazine groups is 1. The van der Waals surface area contributed by atoms with Gasteiger partial charge in [0.2, 0.25) is 0 Å². The second-order valence-electron chi connectivity index (χ2n) is 8.61. The molecule has 0 radical (unpaired) electrons. The molecule has 2 heterocycles. The molecule has 12 heteroatoms. The molecule has 2 aromatic rings. The van der Waals surface area contributed by atoms with Crippen LogP contribution in [0.15, 0.2) is 17.8 Å². The van der Waals surface area contributed by atoms with Crippen molar-refractivity contribution in [1.29, 1.82) is 0 Å². The van der Waals surface area contributed by atoms with E-state index in [4.69, 9.17) is 21.1 Å². The highest BCUT2D eigenvalue weighted by Gasteiger charge is 2.29. The summed E-state index contributed by atoms with van der Waals surface area (Å²) in [5.74, 6) is 5.51. The van der Waals surface area contributed by atoms with Crippen LogP contribution in [0.25, 0.3) is 5.70 Å². The van der Waals surface area contributed by atoms with E-state index >= 15 is 0 Å². The largest absolute Gasteiger partial charge is 0.489 e. The quantitative estimate of drug-likeness (QED) is 0.363. The molecule has 0 amide bonds. The summed E-state index contributed by atoms with van der Waals surface area (Å²) in [7, 11) is 1.67. The lowest BCUT2D eigenvalue weighted by molar-refractivity contribution is -0.143. The van der Waals surface area contributed by atoms with Crippen molar-refractivity contribution in [3.05, 3.63) is 29.2 Å². The molecule has 5 N–H and O–H groups in total. The minimum Gasteiger partial charge on any atom is -0.489 e. The third-order valence-electron chi connectivity index (χ3n) is 5.84. The average molecular weight is 459 g/mol. The molecule has 0 saturated heterocycles. The molecule has 2 aromatic heterocycles. The van der Waals surface area contributed by atoms with Gasteiger partial charge < -0.3 is 25.3 Å². The SMILES string of the molecule is Cc1nc(/C(N)=C(\Cn2nnc(OC3CC3)n2)N(C)N)ccc1OC1CCCC(C(=O)O)C1. The van der Waals surface area contributed by atoms with Crippen LogP contribution in [0, 0.1) is 12.8 Å². The number of carboxylic acid groups (broad SMARTS) is 1. The zero-order valence-electron chi connectivity index (χ0n) is 18.8. The summed E-state index contributed by atoms with van der Waals surface area (Å²) in [6.07, 6.45) is 4.89. The highest BCUT2D eigenvalue weighted by molar-refractivity contribution is 5.70. The van der Waals surface area contributed by atoms with Crippen LogP contribution in [0.2, 0.25) is 0 Å². The van der Waals surface area contributed by atoms with Crippen molar-refractivity contribution in [2.45, 2.75) is 64.2 Å². The van der Waals surface area contributed by atoms with E-state index < -0.39 is 5.97 Å². The van der Waals surface area contributed by atoms with E-state index in [0.717, 1.165) is 25.7 Å². The number of tetrazole rings is 1. The maximum atomic E-state index is 11.3. The van der Waals surface area contributed by atoms with Gasteiger partial charge in [0.05, 0.1) is 34.8 Å². The van der Waals surface area contributed by atoms with Crippen molar-refractivity contribution in [2.75, 3.05) is 7.05 Å². The first-order chi connectivity index (χ1) is 15.8. The molecule has 2 saturated carbocycles. The fourth-order valence-electron chi connectivity index (χ4n) is 3.82. The number of allylic oxidation sites excluding steroid dienone is 1. The Morgan fingerprint density at radius 1 is 1.24 bits per heavy atom. The standard InChI is InChI=1S/C21H30N8O4/c1-12-18(32-15-5-3-4-13(10-15)20(30)31)9-8-16(24-12)19(22)17(28(2)23)11-29-26-21(25-27-29)33-14-6-7-14/h8-9,13-15H,3-7,10-11,22-23H2,1-2H3,(H,30,31)/b19-17-. The van der Waals surface area contributed by atoms with Crippen LogP contribution in [0.5, 0.6) is 11.8 Å². The number of carboxylic acids is 1. The molecule has 4 rings (SSSR count). The number of ether oxygens (including phenoxy) is 2. The molecule has 2 unspecified atom stereocenters. The Hall–Kier alpha value is -3.41. The van der Waals surface area contributed by atoms with E-state index in [9.17, 15) is 9.90 Å². The summed E-state index contributed by atoms with van der Waals surface area (Å²) < 4.78 is 11.6. The van der Waals surface area contributed by atoms with Gasteiger partial charge in [0.1, 0.15) is 18.4 Å². The van der Waals surface area contributed by atoms with E-state index in [2.05, 4.69) is 20.4 Å². The maximum absolute atomic E-state index is 11.3. The third kappa shape index (κ3) is 5.69. The predicted molar refractivity (Wildman–Crippen MR) is 118 cm³/mol. The number of aliphatic carboxylic acids is 1. The van der Waals surface area contributed by atoms with Gasteiger partial charge in [-0.3, -0.25) is 4.79 Å². The maximum Gasteiger partial charge on any atom is 0.356 e. The lowest BCUT2D eigenvalue weighted by Gasteiger charge is -2.27. The Kier molecular flexibility index (Phi) is 6.63. The smallest absolute Gasteiger partial charge is 0.356 e. The molecule has 0 aromatic carbocycles. The van der Waals surface area contributed by atoms with Gasteiger partial charge in [-0.25, -0.2) is 10.8 Å². The first-order valence-corrected chi connectivity index (χ1v) is 11.1. The van der Waals surface area contributed by atoms with E-state index in [1.807, 2.05) is 6.92 Å². The second-order valence-corrected chi connectivity index (χ2v) is 8.61. The average Bonchev–Trinajstić information content (AvgIpc) is 3.49. The summed E-state index contributed by atoms with van der Waals surface area (Å²) >= 11 is 0. The number of likely N-dealkylation sites (N-methyl/N-ethyl adjacent to an activating group) is 1. The molecule has 0 aliphatic heterocycles. The summed E-state index contributed by atoms with van der Waals surface area (Å²) in [6.45, 7) is 2.02. The monoisotopic (exact) mass is 458 g/mol. The summed E-state index contributed by atoms with van der Waals surface area (Å²) in [5, 5.41) is 22.8. The fraction of sp³-hybridized carbons (Fsp3) is 0.571. The molecule has 2 atom stereocenters. The van der Waals surface area contributed by atoms with Crippen molar-refractivity contribution >= 4 is 11.7 Å². The molecule has 33 heavy (non-hydrogen) atoms. The minimum atomic E-state index is -0.766. The van der Waals surface area contributed by atoms with Crippen molar-refractivity contribution in [3.8, 4) is 11.8 Å². The van der Waals surface area contributed by atoms with Gasteiger partial charge in [0, 0.05) is 7.05 Å². The molecular weight excluding hydrogens is 428 g/mol. The molecule has 0 bridgehead atoms. The van der Waals surface area contributed by atoms with Crippen LogP contribution in [-0.2, 0) is 11.3 Å².